The lowest BCUT2D eigenvalue weighted by atomic mass is 9.88. The molecule has 0 aliphatic heterocycles. The number of rotatable bonds is 6. The van der Waals surface area contributed by atoms with E-state index in [1.165, 1.54) is 64.3 Å². The fourth-order valence-electron chi connectivity index (χ4n) is 7.10. The maximum atomic E-state index is 2.46. The molecule has 9 aromatic rings. The van der Waals surface area contributed by atoms with Crippen LogP contribution in [0.4, 0.5) is 17.1 Å². The third-order valence-electron chi connectivity index (χ3n) is 9.29. The number of hydrogen-bond donors (Lipinski definition) is 0. The number of anilines is 3. The van der Waals surface area contributed by atoms with E-state index in [1.807, 2.05) is 11.3 Å². The van der Waals surface area contributed by atoms with Crippen molar-refractivity contribution in [2.75, 3.05) is 4.90 Å². The Balaban J connectivity index is 1.30. The summed E-state index contributed by atoms with van der Waals surface area (Å²) in [6.45, 7) is 0. The van der Waals surface area contributed by atoms with Crippen LogP contribution in [0.2, 0.25) is 0 Å². The van der Waals surface area contributed by atoms with Crippen LogP contribution in [0.5, 0.6) is 0 Å². The third kappa shape index (κ3) is 4.86. The van der Waals surface area contributed by atoms with Gasteiger partial charge in [0, 0.05) is 36.8 Å². The summed E-state index contributed by atoms with van der Waals surface area (Å²) >= 11 is 1.86. The molecule has 0 radical (unpaired) electrons. The molecule has 226 valence electrons. The maximum Gasteiger partial charge on any atom is 0.0540 e. The van der Waals surface area contributed by atoms with Crippen LogP contribution >= 0.6 is 11.3 Å². The fourth-order valence-corrected chi connectivity index (χ4v) is 8.24. The molecule has 8 aromatic carbocycles. The molecule has 9 rings (SSSR count). The van der Waals surface area contributed by atoms with Crippen LogP contribution in [0.3, 0.4) is 0 Å². The Morgan fingerprint density at radius 1 is 0.333 bits per heavy atom. The lowest BCUT2D eigenvalue weighted by Gasteiger charge is -2.29. The zero-order valence-electron chi connectivity index (χ0n) is 26.3. The minimum absolute atomic E-state index is 1.14. The number of thiophene rings is 1. The summed E-state index contributed by atoms with van der Waals surface area (Å²) in [7, 11) is 0. The second kappa shape index (κ2) is 12.0. The molecule has 0 aliphatic carbocycles. The Labute approximate surface area is 284 Å². The van der Waals surface area contributed by atoms with Gasteiger partial charge >= 0.3 is 0 Å². The van der Waals surface area contributed by atoms with Crippen LogP contribution in [0, 0.1) is 0 Å². The van der Waals surface area contributed by atoms with Gasteiger partial charge in [0.1, 0.15) is 0 Å². The van der Waals surface area contributed by atoms with Crippen molar-refractivity contribution >= 4 is 59.3 Å². The minimum atomic E-state index is 1.14. The topological polar surface area (TPSA) is 3.24 Å². The zero-order chi connectivity index (χ0) is 31.9. The summed E-state index contributed by atoms with van der Waals surface area (Å²) in [6, 6.07) is 68.2. The Bertz CT molecular complexity index is 2570. The predicted octanol–water partition coefficient (Wildman–Crippen LogP) is 13.7. The van der Waals surface area contributed by atoms with Crippen molar-refractivity contribution in [2.45, 2.75) is 0 Å². The molecule has 0 N–H and O–H groups in total. The molecule has 0 fully saturated rings. The summed E-state index contributed by atoms with van der Waals surface area (Å²) in [5, 5.41) is 5.05. The van der Waals surface area contributed by atoms with Crippen LogP contribution in [0.25, 0.3) is 64.3 Å². The lowest BCUT2D eigenvalue weighted by molar-refractivity contribution is 1.30. The van der Waals surface area contributed by atoms with Gasteiger partial charge in [-0.25, -0.2) is 0 Å². The van der Waals surface area contributed by atoms with E-state index in [2.05, 4.69) is 193 Å². The van der Waals surface area contributed by atoms with Crippen molar-refractivity contribution in [3.63, 3.8) is 0 Å². The van der Waals surface area contributed by atoms with Gasteiger partial charge in [0.05, 0.1) is 11.4 Å². The molecule has 0 amide bonds. The Hall–Kier alpha value is -5.96. The molecule has 0 saturated carbocycles. The fraction of sp³-hybridized carbons (Fsp3) is 0. The molecule has 0 bridgehead atoms. The van der Waals surface area contributed by atoms with E-state index in [9.17, 15) is 0 Å². The SMILES string of the molecule is c1ccc(-c2ccccc2-c2ccccc2-c2ccccc2N(c2ccc3c(c2)sc2ccccc23)c2cccc3ccccc23)cc1. The van der Waals surface area contributed by atoms with E-state index < -0.39 is 0 Å². The molecule has 0 unspecified atom stereocenters. The Morgan fingerprint density at radius 2 is 0.875 bits per heavy atom. The van der Waals surface area contributed by atoms with E-state index in [0.29, 0.717) is 0 Å². The maximum absolute atomic E-state index is 2.46. The van der Waals surface area contributed by atoms with Crippen LogP contribution in [-0.4, -0.2) is 0 Å². The van der Waals surface area contributed by atoms with E-state index >= 15 is 0 Å². The van der Waals surface area contributed by atoms with Gasteiger partial charge in [-0.3, -0.25) is 0 Å². The first-order valence-corrected chi connectivity index (χ1v) is 17.2. The van der Waals surface area contributed by atoms with Crippen LogP contribution < -0.4 is 4.90 Å². The normalized spacial score (nSPS) is 11.3. The van der Waals surface area contributed by atoms with Crippen molar-refractivity contribution in [3.8, 4) is 33.4 Å². The van der Waals surface area contributed by atoms with Gasteiger partial charge in [-0.1, -0.05) is 158 Å². The number of benzene rings is 8. The van der Waals surface area contributed by atoms with Crippen molar-refractivity contribution in [1.29, 1.82) is 0 Å². The van der Waals surface area contributed by atoms with E-state index in [0.717, 1.165) is 17.1 Å². The van der Waals surface area contributed by atoms with Crippen LogP contribution in [0.1, 0.15) is 0 Å². The molecule has 0 aliphatic rings. The molecule has 0 spiro atoms. The average molecular weight is 630 g/mol. The zero-order valence-corrected chi connectivity index (χ0v) is 27.1. The van der Waals surface area contributed by atoms with E-state index in [4.69, 9.17) is 0 Å². The smallest absolute Gasteiger partial charge is 0.0540 e. The summed E-state index contributed by atoms with van der Waals surface area (Å²) in [6.07, 6.45) is 0. The quantitative estimate of drug-likeness (QED) is 0.177. The molecule has 48 heavy (non-hydrogen) atoms. The standard InChI is InChI=1S/C46H31NS/c1-2-15-32(16-3-1)35-19-6-7-21-37(35)38-22-8-9-23-39(38)40-24-10-12-26-44(40)47(43-27-14-18-33-17-4-5-20-36(33)43)34-29-30-42-41-25-11-13-28-45(41)48-46(42)31-34/h1-31H. The summed E-state index contributed by atoms with van der Waals surface area (Å²) < 4.78 is 2.60. The molecule has 1 heterocycles. The molecular weight excluding hydrogens is 599 g/mol. The van der Waals surface area contributed by atoms with Gasteiger partial charge in [-0.15, -0.1) is 11.3 Å². The van der Waals surface area contributed by atoms with Crippen molar-refractivity contribution in [1.82, 2.24) is 0 Å². The second-order valence-corrected chi connectivity index (χ2v) is 13.2. The van der Waals surface area contributed by atoms with Gasteiger partial charge in [0.25, 0.3) is 0 Å². The van der Waals surface area contributed by atoms with Gasteiger partial charge in [-0.05, 0) is 63.5 Å². The monoisotopic (exact) mass is 629 g/mol. The van der Waals surface area contributed by atoms with E-state index in [-0.39, 0.29) is 0 Å². The average Bonchev–Trinajstić information content (AvgIpc) is 3.54. The van der Waals surface area contributed by atoms with Crippen molar-refractivity contribution in [2.24, 2.45) is 0 Å². The number of hydrogen-bond acceptors (Lipinski definition) is 2. The van der Waals surface area contributed by atoms with Gasteiger partial charge in [0.15, 0.2) is 0 Å². The molecule has 0 saturated heterocycles. The second-order valence-electron chi connectivity index (χ2n) is 12.1. The number of fused-ring (bicyclic) bond motifs is 4. The molecule has 1 aromatic heterocycles. The van der Waals surface area contributed by atoms with Crippen LogP contribution in [0.15, 0.2) is 188 Å². The highest BCUT2D eigenvalue weighted by atomic mass is 32.1. The highest BCUT2D eigenvalue weighted by Crippen LogP contribution is 2.47. The van der Waals surface area contributed by atoms with Gasteiger partial charge in [-0.2, -0.15) is 0 Å². The predicted molar refractivity (Wildman–Crippen MR) is 208 cm³/mol. The first-order chi connectivity index (χ1) is 23.8. The van der Waals surface area contributed by atoms with Gasteiger partial charge < -0.3 is 4.90 Å². The van der Waals surface area contributed by atoms with Crippen molar-refractivity contribution in [3.05, 3.63) is 188 Å². The Morgan fingerprint density at radius 3 is 1.69 bits per heavy atom. The van der Waals surface area contributed by atoms with Gasteiger partial charge in [0.2, 0.25) is 0 Å². The first-order valence-electron chi connectivity index (χ1n) is 16.4. The highest BCUT2D eigenvalue weighted by molar-refractivity contribution is 7.25. The Kier molecular flexibility index (Phi) is 7.07. The third-order valence-corrected chi connectivity index (χ3v) is 10.4. The molecule has 1 nitrogen and oxygen atoms in total. The first kappa shape index (κ1) is 28.3. The minimum Gasteiger partial charge on any atom is -0.309 e. The summed E-state index contributed by atoms with van der Waals surface area (Å²) in [5.41, 5.74) is 10.7. The van der Waals surface area contributed by atoms with E-state index in [1.54, 1.807) is 0 Å². The lowest BCUT2D eigenvalue weighted by Crippen LogP contribution is -2.11. The van der Waals surface area contributed by atoms with Crippen molar-refractivity contribution < 1.29 is 0 Å². The number of nitrogens with zero attached hydrogens (tertiary/aromatic N) is 1. The summed E-state index contributed by atoms with van der Waals surface area (Å²) in [5.74, 6) is 0. The largest absolute Gasteiger partial charge is 0.309 e. The number of para-hydroxylation sites is 1. The highest BCUT2D eigenvalue weighted by Gasteiger charge is 2.22. The molecular formula is C46H31NS. The molecule has 0 atom stereocenters. The summed E-state index contributed by atoms with van der Waals surface area (Å²) in [4.78, 5) is 2.46. The molecule has 2 heteroatoms. The van der Waals surface area contributed by atoms with Crippen LogP contribution in [-0.2, 0) is 0 Å².